The van der Waals surface area contributed by atoms with E-state index in [1.807, 2.05) is 37.3 Å². The van der Waals surface area contributed by atoms with Crippen LogP contribution < -0.4 is 4.74 Å². The number of carbonyl (C=O) groups is 1. The van der Waals surface area contributed by atoms with Crippen molar-refractivity contribution < 1.29 is 14.3 Å². The maximum absolute atomic E-state index is 10.2. The molecule has 0 N–H and O–H groups in total. The SMILES string of the molecule is COc1ccc(COCC=C(C)CCC=O)cc1. The summed E-state index contributed by atoms with van der Waals surface area (Å²) in [7, 11) is 1.65. The number of benzene rings is 1. The fraction of sp³-hybridized carbons (Fsp3) is 0.400. The summed E-state index contributed by atoms with van der Waals surface area (Å²) < 4.78 is 10.6. The van der Waals surface area contributed by atoms with Gasteiger partial charge in [0.15, 0.2) is 0 Å². The minimum atomic E-state index is 0.580. The number of ether oxygens (including phenoxy) is 2. The predicted molar refractivity (Wildman–Crippen MR) is 71.7 cm³/mol. The largest absolute Gasteiger partial charge is 0.497 e. The standard InChI is InChI=1S/C15H20O3/c1-13(4-3-10-16)9-11-18-12-14-5-7-15(17-2)8-6-14/h5-10H,3-4,11-12H2,1-2H3. The first-order valence-corrected chi connectivity index (χ1v) is 6.06. The smallest absolute Gasteiger partial charge is 0.120 e. The second kappa shape index (κ2) is 8.48. The van der Waals surface area contributed by atoms with Crippen LogP contribution in [0.2, 0.25) is 0 Å². The van der Waals surface area contributed by atoms with Gasteiger partial charge in [0.05, 0.1) is 20.3 Å². The van der Waals surface area contributed by atoms with Crippen molar-refractivity contribution in [3.63, 3.8) is 0 Å². The lowest BCUT2D eigenvalue weighted by Gasteiger charge is -2.04. The fourth-order valence-electron chi connectivity index (χ4n) is 1.49. The molecule has 0 amide bonds. The van der Waals surface area contributed by atoms with Gasteiger partial charge in [0.25, 0.3) is 0 Å². The van der Waals surface area contributed by atoms with Gasteiger partial charge in [-0.15, -0.1) is 0 Å². The first-order valence-electron chi connectivity index (χ1n) is 6.06. The van der Waals surface area contributed by atoms with Gasteiger partial charge in [-0.1, -0.05) is 23.8 Å². The summed E-state index contributed by atoms with van der Waals surface area (Å²) in [4.78, 5) is 10.2. The molecule has 1 aromatic carbocycles. The molecule has 0 spiro atoms. The molecule has 0 bridgehead atoms. The van der Waals surface area contributed by atoms with E-state index in [-0.39, 0.29) is 0 Å². The maximum Gasteiger partial charge on any atom is 0.120 e. The van der Waals surface area contributed by atoms with Gasteiger partial charge in [0.1, 0.15) is 12.0 Å². The molecule has 0 aliphatic rings. The first kappa shape index (κ1) is 14.5. The fourth-order valence-corrected chi connectivity index (χ4v) is 1.49. The number of methoxy groups -OCH3 is 1. The van der Waals surface area contributed by atoms with Crippen molar-refractivity contribution >= 4 is 6.29 Å². The Bertz CT molecular complexity index is 379. The zero-order valence-corrected chi connectivity index (χ0v) is 11.0. The Labute approximate surface area is 108 Å². The molecule has 0 heterocycles. The van der Waals surface area contributed by atoms with Gasteiger partial charge >= 0.3 is 0 Å². The van der Waals surface area contributed by atoms with Crippen LogP contribution in [-0.4, -0.2) is 20.0 Å². The minimum Gasteiger partial charge on any atom is -0.497 e. The second-order valence-electron chi connectivity index (χ2n) is 4.12. The molecule has 0 aliphatic heterocycles. The number of hydrogen-bond acceptors (Lipinski definition) is 3. The van der Waals surface area contributed by atoms with E-state index >= 15 is 0 Å². The van der Waals surface area contributed by atoms with Crippen molar-refractivity contribution in [1.82, 2.24) is 0 Å². The molecule has 0 fully saturated rings. The number of allylic oxidation sites excluding steroid dienone is 1. The van der Waals surface area contributed by atoms with Gasteiger partial charge in [-0.25, -0.2) is 0 Å². The van der Waals surface area contributed by atoms with E-state index in [2.05, 4.69) is 0 Å². The molecule has 1 rings (SSSR count). The summed E-state index contributed by atoms with van der Waals surface area (Å²) in [5.74, 6) is 0.850. The summed E-state index contributed by atoms with van der Waals surface area (Å²) >= 11 is 0. The molecule has 3 heteroatoms. The summed E-state index contributed by atoms with van der Waals surface area (Å²) in [6, 6.07) is 7.82. The molecular formula is C15H20O3. The van der Waals surface area contributed by atoms with Gasteiger partial charge in [-0.3, -0.25) is 0 Å². The van der Waals surface area contributed by atoms with E-state index in [9.17, 15) is 4.79 Å². The van der Waals surface area contributed by atoms with Gasteiger partial charge in [-0.05, 0) is 31.0 Å². The number of hydrogen-bond donors (Lipinski definition) is 0. The van der Waals surface area contributed by atoms with Crippen LogP contribution in [0.15, 0.2) is 35.9 Å². The third-order valence-electron chi connectivity index (χ3n) is 2.63. The molecule has 18 heavy (non-hydrogen) atoms. The van der Waals surface area contributed by atoms with Gasteiger partial charge in [-0.2, -0.15) is 0 Å². The van der Waals surface area contributed by atoms with Crippen LogP contribution in [0, 0.1) is 0 Å². The number of aldehydes is 1. The Morgan fingerprint density at radius 3 is 2.61 bits per heavy atom. The average molecular weight is 248 g/mol. The Kier molecular flexibility index (Phi) is 6.81. The highest BCUT2D eigenvalue weighted by Crippen LogP contribution is 2.12. The Morgan fingerprint density at radius 2 is 2.00 bits per heavy atom. The molecule has 0 atom stereocenters. The average Bonchev–Trinajstić information content (AvgIpc) is 2.42. The Morgan fingerprint density at radius 1 is 1.28 bits per heavy atom. The normalized spacial score (nSPS) is 11.3. The van der Waals surface area contributed by atoms with Gasteiger partial charge < -0.3 is 14.3 Å². The lowest BCUT2D eigenvalue weighted by molar-refractivity contribution is -0.107. The lowest BCUT2D eigenvalue weighted by atomic mass is 10.2. The molecule has 0 aliphatic carbocycles. The third kappa shape index (κ3) is 5.64. The van der Waals surface area contributed by atoms with Crippen molar-refractivity contribution in [1.29, 1.82) is 0 Å². The minimum absolute atomic E-state index is 0.580. The first-order chi connectivity index (χ1) is 8.76. The molecule has 3 nitrogen and oxygen atoms in total. The summed E-state index contributed by atoms with van der Waals surface area (Å²) in [6.07, 6.45) is 4.36. The predicted octanol–water partition coefficient (Wildman–Crippen LogP) is 3.14. The van der Waals surface area contributed by atoms with Gasteiger partial charge in [0.2, 0.25) is 0 Å². The van der Waals surface area contributed by atoms with E-state index in [1.54, 1.807) is 7.11 Å². The highest BCUT2D eigenvalue weighted by Gasteiger charge is 1.94. The summed E-state index contributed by atoms with van der Waals surface area (Å²) in [5, 5.41) is 0. The van der Waals surface area contributed by atoms with Crippen LogP contribution in [-0.2, 0) is 16.1 Å². The Balaban J connectivity index is 2.26. The molecule has 0 saturated carbocycles. The summed E-state index contributed by atoms with van der Waals surface area (Å²) in [5.41, 5.74) is 2.31. The van der Waals surface area contributed by atoms with Crippen LogP contribution in [0.5, 0.6) is 5.75 Å². The third-order valence-corrected chi connectivity index (χ3v) is 2.63. The van der Waals surface area contributed by atoms with E-state index in [4.69, 9.17) is 9.47 Å². The van der Waals surface area contributed by atoms with E-state index < -0.39 is 0 Å². The van der Waals surface area contributed by atoms with Gasteiger partial charge in [0, 0.05) is 6.42 Å². The van der Waals surface area contributed by atoms with Crippen molar-refractivity contribution in [3.05, 3.63) is 41.5 Å². The van der Waals surface area contributed by atoms with Crippen LogP contribution in [0.4, 0.5) is 0 Å². The van der Waals surface area contributed by atoms with Crippen LogP contribution in [0.3, 0.4) is 0 Å². The summed E-state index contributed by atoms with van der Waals surface area (Å²) in [6.45, 7) is 3.18. The molecule has 0 aromatic heterocycles. The van der Waals surface area contributed by atoms with Crippen molar-refractivity contribution in [2.45, 2.75) is 26.4 Å². The van der Waals surface area contributed by atoms with E-state index in [0.29, 0.717) is 19.6 Å². The van der Waals surface area contributed by atoms with Crippen molar-refractivity contribution in [2.24, 2.45) is 0 Å². The maximum atomic E-state index is 10.2. The zero-order chi connectivity index (χ0) is 13.2. The van der Waals surface area contributed by atoms with E-state index in [0.717, 1.165) is 24.0 Å². The second-order valence-corrected chi connectivity index (χ2v) is 4.12. The van der Waals surface area contributed by atoms with Crippen LogP contribution in [0.25, 0.3) is 0 Å². The van der Waals surface area contributed by atoms with Crippen molar-refractivity contribution in [3.8, 4) is 5.75 Å². The molecule has 1 aromatic rings. The Hall–Kier alpha value is -1.61. The molecular weight excluding hydrogens is 228 g/mol. The van der Waals surface area contributed by atoms with Crippen LogP contribution in [0.1, 0.15) is 25.3 Å². The lowest BCUT2D eigenvalue weighted by Crippen LogP contribution is -1.94. The molecule has 0 unspecified atom stereocenters. The quantitative estimate of drug-likeness (QED) is 0.403. The topological polar surface area (TPSA) is 35.5 Å². The number of carbonyl (C=O) groups excluding carboxylic acids is 1. The monoisotopic (exact) mass is 248 g/mol. The highest BCUT2D eigenvalue weighted by molar-refractivity contribution is 5.49. The van der Waals surface area contributed by atoms with Crippen molar-refractivity contribution in [2.75, 3.05) is 13.7 Å². The molecule has 98 valence electrons. The molecule has 0 saturated heterocycles. The number of rotatable bonds is 8. The zero-order valence-electron chi connectivity index (χ0n) is 11.0. The molecule has 0 radical (unpaired) electrons. The van der Waals surface area contributed by atoms with Crippen LogP contribution >= 0.6 is 0 Å². The van der Waals surface area contributed by atoms with E-state index in [1.165, 1.54) is 5.57 Å². The highest BCUT2D eigenvalue weighted by atomic mass is 16.5.